The van der Waals surface area contributed by atoms with Crippen molar-refractivity contribution in [3.05, 3.63) is 164 Å². The number of carbonyl (C=O) groups is 7. The summed E-state index contributed by atoms with van der Waals surface area (Å²) < 4.78 is 0. The number of rotatable bonds is 39. The molecule has 0 radical (unpaired) electrons. The minimum Gasteiger partial charge on any atom is -0.380 e. The molecule has 99 heavy (non-hydrogen) atoms. The number of anilines is 2. The maximum absolute atomic E-state index is 14.8. The van der Waals surface area contributed by atoms with Crippen molar-refractivity contribution in [1.29, 1.82) is 0 Å². The first-order valence-corrected chi connectivity index (χ1v) is 36.6. The number of Topliss-reactive ketones (excluding diaryl/α,β-unsaturated/α-hetero) is 1. The fourth-order valence-corrected chi connectivity index (χ4v) is 15.2. The van der Waals surface area contributed by atoms with E-state index in [2.05, 4.69) is 87.7 Å². The molecule has 4 aliphatic heterocycles. The molecule has 9 rings (SSSR count). The second kappa shape index (κ2) is 38.4. The molecule has 6 amide bonds. The number of hydrogen-bond acceptors (Lipinski definition) is 16. The monoisotopic (exact) mass is 1360 g/mol. The van der Waals surface area contributed by atoms with Crippen LogP contribution < -0.4 is 69.3 Å². The van der Waals surface area contributed by atoms with Gasteiger partial charge < -0.3 is 63.4 Å². The number of nitrogens with one attached hydrogen (secondary N) is 11. The Morgan fingerprint density at radius 3 is 1.55 bits per heavy atom. The first kappa shape index (κ1) is 75.1. The predicted octanol–water partition coefficient (Wildman–Crippen LogP) is 6.19. The van der Waals surface area contributed by atoms with Gasteiger partial charge in [0.05, 0.1) is 18.1 Å². The summed E-state index contributed by atoms with van der Waals surface area (Å²) in [6, 6.07) is 33.7. The third-order valence-corrected chi connectivity index (χ3v) is 20.9. The van der Waals surface area contributed by atoms with Gasteiger partial charge >= 0.3 is 0 Å². The van der Waals surface area contributed by atoms with E-state index in [0.29, 0.717) is 127 Å². The largest absolute Gasteiger partial charge is 0.380 e. The highest BCUT2D eigenvalue weighted by atomic mass is 16.2. The van der Waals surface area contributed by atoms with Crippen LogP contribution in [0.1, 0.15) is 164 Å². The fourth-order valence-electron chi connectivity index (χ4n) is 15.2. The SMILES string of the molecule is CC[C@H](NC)C(=O)N[C@@H]1C(=O)N2[C@@H](CC[C@@H]1CCNCc1ccccc1)CC[C@H]2C(=O)N[C@H](C(=O)NCCCCNc1c(NCCCCCC(=O)[C@@H](NC(=O)[C@@H]2CC[C@@H]3CC[C@H](CCNCc4ccccc4)[C@H](NC(=O)[C@H](CC)NC)CN32)c2ccccc2)c(=O)c1=O)c1ccccc1. The van der Waals surface area contributed by atoms with Gasteiger partial charge in [0.1, 0.15) is 35.5 Å². The third kappa shape index (κ3) is 20.5. The van der Waals surface area contributed by atoms with Crippen LogP contribution in [0.2, 0.25) is 0 Å². The number of amides is 6. The van der Waals surface area contributed by atoms with Crippen LogP contribution in [0.15, 0.2) is 131 Å². The lowest BCUT2D eigenvalue weighted by atomic mass is 9.90. The van der Waals surface area contributed by atoms with Crippen LogP contribution in [0.25, 0.3) is 0 Å². The molecule has 22 nitrogen and oxygen atoms in total. The average Bonchev–Trinajstić information content (AvgIpc) is 1.70. The molecule has 4 fully saturated rings. The van der Waals surface area contributed by atoms with E-state index in [4.69, 9.17) is 0 Å². The fraction of sp³-hybridized carbons (Fsp3) is 0.545. The van der Waals surface area contributed by atoms with Crippen LogP contribution in [0.4, 0.5) is 11.4 Å². The van der Waals surface area contributed by atoms with E-state index in [-0.39, 0.29) is 89.8 Å². The van der Waals surface area contributed by atoms with Gasteiger partial charge in [0.2, 0.25) is 35.4 Å². The minimum absolute atomic E-state index is 0.0380. The lowest BCUT2D eigenvalue weighted by molar-refractivity contribution is -0.144. The molecule has 0 spiro atoms. The molecule has 11 N–H and O–H groups in total. The van der Waals surface area contributed by atoms with Crippen molar-refractivity contribution >= 4 is 52.6 Å². The number of carbonyl (C=O) groups excluding carboxylic acids is 7. The molecule has 0 saturated carbocycles. The molecule has 0 aromatic heterocycles. The molecule has 0 bridgehead atoms. The summed E-state index contributed by atoms with van der Waals surface area (Å²) in [6.07, 6.45) is 11.6. The number of fused-ring (bicyclic) bond motifs is 2. The molecule has 5 aromatic rings. The maximum atomic E-state index is 14.8. The summed E-state index contributed by atoms with van der Waals surface area (Å²) in [7, 11) is 3.52. The number of benzene rings is 4. The van der Waals surface area contributed by atoms with E-state index in [0.717, 1.165) is 44.3 Å². The number of unbranched alkanes of at least 4 members (excludes halogenated alkanes) is 3. The van der Waals surface area contributed by atoms with Crippen LogP contribution in [0, 0.1) is 11.8 Å². The molecular formula is C77H107N13O9. The molecule has 4 saturated heterocycles. The van der Waals surface area contributed by atoms with Crippen molar-refractivity contribution < 1.29 is 33.6 Å². The molecule has 22 heteroatoms. The van der Waals surface area contributed by atoms with E-state index >= 15 is 0 Å². The number of ketones is 1. The van der Waals surface area contributed by atoms with Gasteiger partial charge in [0, 0.05) is 63.8 Å². The van der Waals surface area contributed by atoms with E-state index in [9.17, 15) is 43.2 Å². The Kier molecular flexibility index (Phi) is 29.1. The normalized spacial score (nSPS) is 21.9. The first-order chi connectivity index (χ1) is 48.2. The molecule has 0 unspecified atom stereocenters. The summed E-state index contributed by atoms with van der Waals surface area (Å²) in [6.45, 7) is 8.33. The van der Waals surface area contributed by atoms with Crippen LogP contribution >= 0.6 is 0 Å². The first-order valence-electron chi connectivity index (χ1n) is 36.6. The second-order valence-electron chi connectivity index (χ2n) is 27.4. The predicted molar refractivity (Wildman–Crippen MR) is 387 cm³/mol. The number of hydrogen-bond donors (Lipinski definition) is 11. The Morgan fingerprint density at radius 2 is 0.960 bits per heavy atom. The van der Waals surface area contributed by atoms with Crippen LogP contribution in [0.3, 0.4) is 0 Å². The van der Waals surface area contributed by atoms with Crippen LogP contribution in [-0.4, -0.2) is 153 Å². The van der Waals surface area contributed by atoms with Gasteiger partial charge in [0.15, 0.2) is 5.78 Å². The molecule has 0 aliphatic carbocycles. The van der Waals surface area contributed by atoms with Crippen molar-refractivity contribution in [2.75, 3.05) is 64.0 Å². The summed E-state index contributed by atoms with van der Waals surface area (Å²) in [5.41, 5.74) is 2.89. The van der Waals surface area contributed by atoms with Crippen molar-refractivity contribution in [2.45, 2.75) is 203 Å². The highest BCUT2D eigenvalue weighted by molar-refractivity contribution is 5.96. The van der Waals surface area contributed by atoms with Gasteiger partial charge in [0.25, 0.3) is 10.9 Å². The molecule has 12 atom stereocenters. The van der Waals surface area contributed by atoms with Crippen molar-refractivity contribution in [1.82, 2.24) is 57.7 Å². The molecule has 4 aliphatic rings. The third-order valence-electron chi connectivity index (χ3n) is 20.9. The highest BCUT2D eigenvalue weighted by Gasteiger charge is 2.49. The Hall–Kier alpha value is -8.15. The van der Waals surface area contributed by atoms with Gasteiger partial charge in [-0.05, 0) is 164 Å². The molecule has 5 aromatic carbocycles. The molecule has 534 valence electrons. The minimum atomic E-state index is -1.06. The number of nitrogens with zero attached hydrogens (tertiary/aromatic N) is 2. The Labute approximate surface area is 584 Å². The van der Waals surface area contributed by atoms with Crippen molar-refractivity contribution in [3.63, 3.8) is 0 Å². The highest BCUT2D eigenvalue weighted by Crippen LogP contribution is 2.37. The Morgan fingerprint density at radius 1 is 0.485 bits per heavy atom. The topological polar surface area (TPSA) is 292 Å². The summed E-state index contributed by atoms with van der Waals surface area (Å²) in [4.78, 5) is 129. The van der Waals surface area contributed by atoms with E-state index in [1.807, 2.05) is 86.6 Å². The zero-order valence-electron chi connectivity index (χ0n) is 58.4. The van der Waals surface area contributed by atoms with Gasteiger partial charge in [-0.1, -0.05) is 142 Å². The maximum Gasteiger partial charge on any atom is 0.253 e. The van der Waals surface area contributed by atoms with Gasteiger partial charge in [-0.25, -0.2) is 0 Å². The lowest BCUT2D eigenvalue weighted by Gasteiger charge is -2.34. The second-order valence-corrected chi connectivity index (χ2v) is 27.4. The molecule has 4 heterocycles. The van der Waals surface area contributed by atoms with Crippen LogP contribution in [0.5, 0.6) is 0 Å². The van der Waals surface area contributed by atoms with Crippen molar-refractivity contribution in [3.8, 4) is 0 Å². The zero-order chi connectivity index (χ0) is 70.0. The zero-order valence-corrected chi connectivity index (χ0v) is 58.4. The van der Waals surface area contributed by atoms with Crippen LogP contribution in [-0.2, 0) is 46.7 Å². The average molecular weight is 1360 g/mol. The Balaban J connectivity index is 0.718. The van der Waals surface area contributed by atoms with Crippen molar-refractivity contribution in [2.24, 2.45) is 11.8 Å². The van der Waals surface area contributed by atoms with E-state index in [1.165, 1.54) is 5.56 Å². The Bertz CT molecular complexity index is 3460. The van der Waals surface area contributed by atoms with E-state index < -0.39 is 58.9 Å². The van der Waals surface area contributed by atoms with Gasteiger partial charge in [-0.2, -0.15) is 0 Å². The number of likely N-dealkylation sites (N-methyl/N-ethyl adjacent to an activating group) is 2. The summed E-state index contributed by atoms with van der Waals surface area (Å²) in [5, 5.41) is 35.2. The standard InChI is InChI=1S/C77H107N13O9/c1-5-59(78-3)72(94)85-61-50-89-57(35-33-53(61)41-46-80-48-51-24-12-7-13-25-51)37-39-62(89)74(96)86-65(54-28-16-9-17-29-54)64(91)32-20-11-21-43-82-68-69(71(93)70(68)92)83-44-22-23-45-84-76(98)66(55-30-18-10-19-31-55)87-75(97)63-40-38-58-36-34-56(42-47-81-49-52-26-14-8-15-27-52)67(77(99)90(58)63)88-73(95)60(6-2)79-4/h7-10,12-19,24-31,53,56-63,65-67,78-83H,5-6,11,20-23,32-50H2,1-4H3,(H,84,98)(H,85,94)(H,86,96)(H,87,97)(H,88,95)/t53-,56-,57+,58+,59+,60+,61-,62+,63+,65+,66+,67+/m1/s1. The summed E-state index contributed by atoms with van der Waals surface area (Å²) >= 11 is 0. The quantitative estimate of drug-likeness (QED) is 0.0155. The smallest absolute Gasteiger partial charge is 0.253 e. The van der Waals surface area contributed by atoms with Gasteiger partial charge in [-0.3, -0.25) is 48.1 Å². The van der Waals surface area contributed by atoms with E-state index in [1.54, 1.807) is 43.3 Å². The van der Waals surface area contributed by atoms with Gasteiger partial charge in [-0.15, -0.1) is 0 Å². The summed E-state index contributed by atoms with van der Waals surface area (Å²) in [5.74, 6) is -1.68. The lowest BCUT2D eigenvalue weighted by Crippen LogP contribution is -2.58. The molecular weight excluding hydrogens is 1250 g/mol.